The van der Waals surface area contributed by atoms with Crippen LogP contribution in [0.15, 0.2) is 12.4 Å². The van der Waals surface area contributed by atoms with Gasteiger partial charge in [-0.1, -0.05) is 6.92 Å². The average molecular weight is 263 g/mol. The molecule has 0 saturated carbocycles. The minimum Gasteiger partial charge on any atom is -0.326 e. The molecule has 1 atom stereocenters. The van der Waals surface area contributed by atoms with Crippen molar-refractivity contribution >= 4 is 10.1 Å². The van der Waals surface area contributed by atoms with E-state index in [-0.39, 0.29) is 5.75 Å². The summed E-state index contributed by atoms with van der Waals surface area (Å²) in [4.78, 5) is 2.21. The molecule has 0 bridgehead atoms. The van der Waals surface area contributed by atoms with Gasteiger partial charge in [-0.25, -0.2) is 0 Å². The van der Waals surface area contributed by atoms with Gasteiger partial charge in [-0.2, -0.15) is 8.42 Å². The highest BCUT2D eigenvalue weighted by atomic mass is 32.2. The van der Waals surface area contributed by atoms with E-state index in [1.54, 1.807) is 0 Å². The van der Waals surface area contributed by atoms with Crippen LogP contribution in [0.3, 0.4) is 0 Å². The van der Waals surface area contributed by atoms with Crippen LogP contribution >= 0.6 is 0 Å². The molecule has 1 rings (SSSR count). The predicted octanol–water partition coefficient (Wildman–Crippen LogP) is 1.26. The van der Waals surface area contributed by atoms with Crippen molar-refractivity contribution in [2.24, 2.45) is 0 Å². The molecule has 0 aromatic rings. The maximum absolute atomic E-state index is 10.5. The van der Waals surface area contributed by atoms with Gasteiger partial charge < -0.3 is 4.90 Å². The molecule has 0 aliphatic carbocycles. The zero-order valence-corrected chi connectivity index (χ0v) is 11.5. The van der Waals surface area contributed by atoms with Crippen molar-refractivity contribution in [3.8, 4) is 0 Å². The lowest BCUT2D eigenvalue weighted by molar-refractivity contribution is -0.861. The van der Waals surface area contributed by atoms with E-state index in [1.165, 1.54) is 0 Å². The van der Waals surface area contributed by atoms with Crippen molar-refractivity contribution in [2.75, 3.05) is 32.6 Å². The molecule has 0 fully saturated rings. The Morgan fingerprint density at radius 2 is 2.12 bits per heavy atom. The van der Waals surface area contributed by atoms with Crippen LogP contribution in [-0.4, -0.2) is 54.9 Å². The fraction of sp³-hybridized carbons (Fsp3) is 0.818. The van der Waals surface area contributed by atoms with Crippen LogP contribution < -0.4 is 0 Å². The third kappa shape index (κ3) is 5.52. The van der Waals surface area contributed by atoms with Crippen molar-refractivity contribution in [1.82, 2.24) is 4.90 Å². The minimum atomic E-state index is -3.79. The molecule has 1 unspecified atom stereocenters. The third-order valence-corrected chi connectivity index (χ3v) is 3.78. The Morgan fingerprint density at radius 3 is 2.71 bits per heavy atom. The highest BCUT2D eigenvalue weighted by Crippen LogP contribution is 2.16. The fourth-order valence-corrected chi connectivity index (χ4v) is 2.73. The number of hydrogen-bond donors (Lipinski definition) is 1. The molecule has 17 heavy (non-hydrogen) atoms. The van der Waals surface area contributed by atoms with Crippen LogP contribution in [0.2, 0.25) is 0 Å². The lowest BCUT2D eigenvalue weighted by Crippen LogP contribution is -2.41. The van der Waals surface area contributed by atoms with E-state index >= 15 is 0 Å². The van der Waals surface area contributed by atoms with Gasteiger partial charge in [0.05, 0.1) is 25.5 Å². The largest absolute Gasteiger partial charge is 0.326 e. The fourth-order valence-electron chi connectivity index (χ4n) is 2.17. The Balaban J connectivity index is 2.21. The summed E-state index contributed by atoms with van der Waals surface area (Å²) in [7, 11) is -1.60. The van der Waals surface area contributed by atoms with Gasteiger partial charge in [0.2, 0.25) is 0 Å². The van der Waals surface area contributed by atoms with E-state index in [4.69, 9.17) is 4.55 Å². The zero-order chi connectivity index (χ0) is 12.9. The number of unbranched alkanes of at least 4 members (excludes halogenated alkanes) is 1. The third-order valence-electron chi connectivity index (χ3n) is 2.97. The second kappa shape index (κ2) is 5.84. The standard InChI is InChI=1S/C11H22N2O3S/c1-3-8-13(2)9-7-12(11-13)6-4-5-10-17(14,15)16/h7,9H,3-6,8,10-11H2,1-2H3/p+1. The Kier molecular flexibility index (Phi) is 4.97. The van der Waals surface area contributed by atoms with Gasteiger partial charge in [-0.15, -0.1) is 0 Å². The highest BCUT2D eigenvalue weighted by molar-refractivity contribution is 7.85. The van der Waals surface area contributed by atoms with E-state index < -0.39 is 10.1 Å². The molecule has 0 aromatic carbocycles. The molecule has 1 aliphatic rings. The highest BCUT2D eigenvalue weighted by Gasteiger charge is 2.25. The molecule has 0 saturated heterocycles. The number of nitrogens with zero attached hydrogens (tertiary/aromatic N) is 2. The van der Waals surface area contributed by atoms with E-state index in [2.05, 4.69) is 31.3 Å². The van der Waals surface area contributed by atoms with Crippen molar-refractivity contribution in [1.29, 1.82) is 0 Å². The first-order valence-corrected chi connectivity index (χ1v) is 7.68. The average Bonchev–Trinajstić information content (AvgIpc) is 2.54. The van der Waals surface area contributed by atoms with Crippen LogP contribution in [0.5, 0.6) is 0 Å². The lowest BCUT2D eigenvalue weighted by atomic mass is 10.3. The second-order valence-electron chi connectivity index (χ2n) is 4.95. The van der Waals surface area contributed by atoms with E-state index in [0.717, 1.165) is 37.1 Å². The van der Waals surface area contributed by atoms with Crippen molar-refractivity contribution < 1.29 is 17.5 Å². The normalized spacial score (nSPS) is 24.5. The zero-order valence-electron chi connectivity index (χ0n) is 10.7. The molecule has 0 radical (unpaired) electrons. The molecule has 0 aromatic heterocycles. The van der Waals surface area contributed by atoms with Gasteiger partial charge in [-0.05, 0) is 19.3 Å². The van der Waals surface area contributed by atoms with Gasteiger partial charge in [0.25, 0.3) is 10.1 Å². The quantitative estimate of drug-likeness (QED) is 0.427. The van der Waals surface area contributed by atoms with Crippen molar-refractivity contribution in [3.63, 3.8) is 0 Å². The van der Waals surface area contributed by atoms with Crippen LogP contribution in [0, 0.1) is 0 Å². The number of quaternary nitrogens is 1. The molecule has 0 amide bonds. The van der Waals surface area contributed by atoms with Gasteiger partial charge in [-0.3, -0.25) is 9.04 Å². The van der Waals surface area contributed by atoms with Crippen LogP contribution in [-0.2, 0) is 10.1 Å². The Hall–Kier alpha value is -0.590. The summed E-state index contributed by atoms with van der Waals surface area (Å²) >= 11 is 0. The first-order chi connectivity index (χ1) is 7.85. The topological polar surface area (TPSA) is 57.6 Å². The van der Waals surface area contributed by atoms with Gasteiger partial charge in [0.1, 0.15) is 6.20 Å². The second-order valence-corrected chi connectivity index (χ2v) is 6.52. The van der Waals surface area contributed by atoms with E-state index in [1.807, 2.05) is 0 Å². The van der Waals surface area contributed by atoms with Gasteiger partial charge in [0, 0.05) is 6.54 Å². The first-order valence-electron chi connectivity index (χ1n) is 6.07. The molecule has 6 heteroatoms. The van der Waals surface area contributed by atoms with Crippen LogP contribution in [0.4, 0.5) is 0 Å². The summed E-state index contributed by atoms with van der Waals surface area (Å²) in [6.45, 7) is 5.10. The molecular formula is C11H23N2O3S+. The first kappa shape index (κ1) is 14.5. The molecule has 5 nitrogen and oxygen atoms in total. The van der Waals surface area contributed by atoms with Gasteiger partial charge in [0.15, 0.2) is 6.67 Å². The van der Waals surface area contributed by atoms with E-state index in [0.29, 0.717) is 6.42 Å². The summed E-state index contributed by atoms with van der Waals surface area (Å²) in [5.74, 6) is -0.133. The summed E-state index contributed by atoms with van der Waals surface area (Å²) < 4.78 is 30.6. The monoisotopic (exact) mass is 263 g/mol. The lowest BCUT2D eigenvalue weighted by Gasteiger charge is -2.28. The summed E-state index contributed by atoms with van der Waals surface area (Å²) in [6.07, 6.45) is 6.73. The molecule has 0 spiro atoms. The number of hydrogen-bond acceptors (Lipinski definition) is 3. The maximum Gasteiger partial charge on any atom is 0.264 e. The molecule has 1 heterocycles. The van der Waals surface area contributed by atoms with Crippen molar-refractivity contribution in [2.45, 2.75) is 26.2 Å². The Labute approximate surface area is 104 Å². The summed E-state index contributed by atoms with van der Waals surface area (Å²) in [6, 6.07) is 0. The number of rotatable bonds is 7. The smallest absolute Gasteiger partial charge is 0.264 e. The Morgan fingerprint density at radius 1 is 1.41 bits per heavy atom. The van der Waals surface area contributed by atoms with Crippen LogP contribution in [0.25, 0.3) is 0 Å². The van der Waals surface area contributed by atoms with Crippen LogP contribution in [0.1, 0.15) is 26.2 Å². The van der Waals surface area contributed by atoms with E-state index in [9.17, 15) is 8.42 Å². The Bertz CT molecular complexity index is 367. The predicted molar refractivity (Wildman–Crippen MR) is 67.7 cm³/mol. The summed E-state index contributed by atoms with van der Waals surface area (Å²) in [5, 5.41) is 0. The SMILES string of the molecule is CCC[N+]1(C)C=CN(CCCCS(=O)(=O)O)C1. The molecule has 1 aliphatic heterocycles. The molecular weight excluding hydrogens is 240 g/mol. The van der Waals surface area contributed by atoms with Gasteiger partial charge >= 0.3 is 0 Å². The maximum atomic E-state index is 10.5. The molecule has 1 N–H and O–H groups in total. The summed E-state index contributed by atoms with van der Waals surface area (Å²) in [5.41, 5.74) is 0. The molecule has 100 valence electrons. The van der Waals surface area contributed by atoms with Crippen molar-refractivity contribution in [3.05, 3.63) is 12.4 Å². The minimum absolute atomic E-state index is 0.133.